The van der Waals surface area contributed by atoms with Crippen LogP contribution < -0.4 is 0 Å². The lowest BCUT2D eigenvalue weighted by Crippen LogP contribution is -2.15. The second kappa shape index (κ2) is 2.80. The summed E-state index contributed by atoms with van der Waals surface area (Å²) in [5.74, 6) is 0. The molecule has 1 heterocycles. The third-order valence-electron chi connectivity index (χ3n) is 2.72. The molecule has 0 bridgehead atoms. The van der Waals surface area contributed by atoms with Crippen LogP contribution in [-0.4, -0.2) is 12.3 Å². The summed E-state index contributed by atoms with van der Waals surface area (Å²) in [4.78, 5) is 4.56. The minimum absolute atomic E-state index is 1.08. The van der Waals surface area contributed by atoms with E-state index in [0.717, 1.165) is 6.54 Å². The molecule has 0 saturated heterocycles. The van der Waals surface area contributed by atoms with E-state index in [9.17, 15) is 0 Å². The molecule has 0 fully saturated rings. The molecule has 0 aromatic carbocycles. The van der Waals surface area contributed by atoms with Gasteiger partial charge in [0.05, 0.1) is 0 Å². The smallest absolute Gasteiger partial charge is 0.0395 e. The van der Waals surface area contributed by atoms with Crippen molar-refractivity contribution in [3.8, 4) is 0 Å². The summed E-state index contributed by atoms with van der Waals surface area (Å²) < 4.78 is 0. The van der Waals surface area contributed by atoms with Crippen molar-refractivity contribution in [2.45, 2.75) is 39.0 Å². The van der Waals surface area contributed by atoms with Crippen LogP contribution in [0, 0.1) is 0 Å². The lowest BCUT2D eigenvalue weighted by Gasteiger charge is -2.23. The highest BCUT2D eigenvalue weighted by atomic mass is 14.8. The number of nitrogens with zero attached hydrogens (tertiary/aromatic N) is 1. The van der Waals surface area contributed by atoms with Crippen LogP contribution in [-0.2, 0) is 0 Å². The second-order valence-corrected chi connectivity index (χ2v) is 3.54. The Hall–Kier alpha value is -0.590. The lowest BCUT2D eigenvalue weighted by molar-refractivity contribution is 0.737. The number of hydrogen-bond acceptors (Lipinski definition) is 1. The van der Waals surface area contributed by atoms with Gasteiger partial charge < -0.3 is 0 Å². The summed E-state index contributed by atoms with van der Waals surface area (Å²) in [5.41, 5.74) is 4.64. The molecule has 1 aliphatic carbocycles. The largest absolute Gasteiger partial charge is 0.289 e. The van der Waals surface area contributed by atoms with E-state index in [0.29, 0.717) is 0 Å². The first-order chi connectivity index (χ1) is 5.38. The Balaban J connectivity index is 2.35. The fourth-order valence-electron chi connectivity index (χ4n) is 2.07. The molecular formula is C10H15N. The van der Waals surface area contributed by atoms with E-state index >= 15 is 0 Å². The Morgan fingerprint density at radius 2 is 2.00 bits per heavy atom. The van der Waals surface area contributed by atoms with Gasteiger partial charge in [-0.15, -0.1) is 0 Å². The molecule has 0 atom stereocenters. The van der Waals surface area contributed by atoms with Crippen molar-refractivity contribution in [3.05, 3.63) is 11.1 Å². The Morgan fingerprint density at radius 3 is 2.82 bits per heavy atom. The van der Waals surface area contributed by atoms with Crippen molar-refractivity contribution in [2.24, 2.45) is 4.99 Å². The Labute approximate surface area is 68.2 Å². The first-order valence-electron chi connectivity index (χ1n) is 4.60. The molecule has 0 radical (unpaired) electrons. The van der Waals surface area contributed by atoms with Crippen LogP contribution in [0.4, 0.5) is 0 Å². The van der Waals surface area contributed by atoms with Crippen LogP contribution in [0.2, 0.25) is 0 Å². The predicted molar refractivity (Wildman–Crippen MR) is 48.1 cm³/mol. The van der Waals surface area contributed by atoms with Gasteiger partial charge in [0.2, 0.25) is 0 Å². The van der Waals surface area contributed by atoms with Gasteiger partial charge in [0.1, 0.15) is 0 Å². The van der Waals surface area contributed by atoms with E-state index in [2.05, 4.69) is 11.9 Å². The van der Waals surface area contributed by atoms with Crippen LogP contribution in [0.3, 0.4) is 0 Å². The fraction of sp³-hybridized carbons (Fsp3) is 0.700. The fourth-order valence-corrected chi connectivity index (χ4v) is 2.07. The van der Waals surface area contributed by atoms with E-state index in [1.54, 1.807) is 11.1 Å². The predicted octanol–water partition coefficient (Wildman–Crippen LogP) is 2.72. The van der Waals surface area contributed by atoms with Crippen molar-refractivity contribution in [2.75, 3.05) is 6.54 Å². The molecule has 0 spiro atoms. The first kappa shape index (κ1) is 7.08. The molecule has 11 heavy (non-hydrogen) atoms. The maximum Gasteiger partial charge on any atom is 0.0395 e. The van der Waals surface area contributed by atoms with E-state index in [1.165, 1.54) is 37.8 Å². The zero-order valence-corrected chi connectivity index (χ0v) is 7.19. The summed E-state index contributed by atoms with van der Waals surface area (Å²) in [6.45, 7) is 3.35. The molecule has 0 aromatic heterocycles. The molecule has 0 saturated carbocycles. The topological polar surface area (TPSA) is 12.4 Å². The van der Waals surface area contributed by atoms with E-state index in [1.807, 2.05) is 0 Å². The SMILES string of the molecule is CC1=C2CCCN=C2CCC1. The molecule has 0 N–H and O–H groups in total. The summed E-state index contributed by atoms with van der Waals surface area (Å²) in [5, 5.41) is 0. The molecular weight excluding hydrogens is 134 g/mol. The van der Waals surface area contributed by atoms with Crippen molar-refractivity contribution >= 4 is 5.71 Å². The first-order valence-corrected chi connectivity index (χ1v) is 4.60. The zero-order valence-electron chi connectivity index (χ0n) is 7.19. The van der Waals surface area contributed by atoms with E-state index in [-0.39, 0.29) is 0 Å². The van der Waals surface area contributed by atoms with Gasteiger partial charge >= 0.3 is 0 Å². The van der Waals surface area contributed by atoms with Gasteiger partial charge in [-0.2, -0.15) is 0 Å². The summed E-state index contributed by atoms with van der Waals surface area (Å²) in [7, 11) is 0. The van der Waals surface area contributed by atoms with Crippen LogP contribution in [0.15, 0.2) is 16.1 Å². The average Bonchev–Trinajstić information content (AvgIpc) is 2.06. The normalized spacial score (nSPS) is 24.6. The van der Waals surface area contributed by atoms with Gasteiger partial charge in [0.15, 0.2) is 0 Å². The van der Waals surface area contributed by atoms with Gasteiger partial charge in [0, 0.05) is 12.3 Å². The van der Waals surface area contributed by atoms with Crippen molar-refractivity contribution < 1.29 is 0 Å². The Morgan fingerprint density at radius 1 is 1.09 bits per heavy atom. The maximum atomic E-state index is 4.56. The molecule has 60 valence electrons. The summed E-state index contributed by atoms with van der Waals surface area (Å²) >= 11 is 0. The molecule has 0 amide bonds. The lowest BCUT2D eigenvalue weighted by atomic mass is 9.87. The number of aliphatic imine (C=N–C) groups is 1. The van der Waals surface area contributed by atoms with Gasteiger partial charge in [-0.25, -0.2) is 0 Å². The highest BCUT2D eigenvalue weighted by Gasteiger charge is 2.17. The molecule has 1 aliphatic heterocycles. The van der Waals surface area contributed by atoms with Gasteiger partial charge in [0.25, 0.3) is 0 Å². The van der Waals surface area contributed by atoms with Gasteiger partial charge in [-0.05, 0) is 44.6 Å². The molecule has 0 aromatic rings. The molecule has 2 rings (SSSR count). The minimum atomic E-state index is 1.08. The highest BCUT2D eigenvalue weighted by Crippen LogP contribution is 2.28. The Bertz CT molecular complexity index is 223. The van der Waals surface area contributed by atoms with Crippen molar-refractivity contribution in [3.63, 3.8) is 0 Å². The molecule has 1 nitrogen and oxygen atoms in total. The standard InChI is InChI=1S/C10H15N/c1-8-4-2-6-10-9(8)5-3-7-11-10/h2-7H2,1H3. The van der Waals surface area contributed by atoms with Crippen LogP contribution in [0.5, 0.6) is 0 Å². The third kappa shape index (κ3) is 1.24. The van der Waals surface area contributed by atoms with Crippen LogP contribution >= 0.6 is 0 Å². The average molecular weight is 149 g/mol. The summed E-state index contributed by atoms with van der Waals surface area (Å²) in [6.07, 6.45) is 6.45. The van der Waals surface area contributed by atoms with Gasteiger partial charge in [-0.1, -0.05) is 5.57 Å². The highest BCUT2D eigenvalue weighted by molar-refractivity contribution is 6.01. The van der Waals surface area contributed by atoms with Crippen LogP contribution in [0.1, 0.15) is 39.0 Å². The second-order valence-electron chi connectivity index (χ2n) is 3.54. The van der Waals surface area contributed by atoms with E-state index < -0.39 is 0 Å². The van der Waals surface area contributed by atoms with Crippen molar-refractivity contribution in [1.82, 2.24) is 0 Å². The molecule has 2 aliphatic rings. The maximum absolute atomic E-state index is 4.56. The van der Waals surface area contributed by atoms with E-state index in [4.69, 9.17) is 0 Å². The molecule has 0 unspecified atom stereocenters. The van der Waals surface area contributed by atoms with Gasteiger partial charge in [-0.3, -0.25) is 4.99 Å². The minimum Gasteiger partial charge on any atom is -0.289 e. The summed E-state index contributed by atoms with van der Waals surface area (Å²) in [6, 6.07) is 0. The molecule has 1 heteroatoms. The number of rotatable bonds is 0. The monoisotopic (exact) mass is 149 g/mol. The third-order valence-corrected chi connectivity index (χ3v) is 2.72. The Kier molecular flexibility index (Phi) is 1.80. The number of allylic oxidation sites excluding steroid dienone is 2. The zero-order chi connectivity index (χ0) is 7.68. The van der Waals surface area contributed by atoms with Crippen molar-refractivity contribution in [1.29, 1.82) is 0 Å². The quantitative estimate of drug-likeness (QED) is 0.502. The number of fused-ring (bicyclic) bond motifs is 1. The van der Waals surface area contributed by atoms with Crippen LogP contribution in [0.25, 0.3) is 0 Å². The number of hydrogen-bond donors (Lipinski definition) is 0.